The van der Waals surface area contributed by atoms with Crippen LogP contribution < -0.4 is 18.9 Å². The number of ether oxygens (including phenoxy) is 4. The van der Waals surface area contributed by atoms with E-state index < -0.39 is 174 Å². The normalized spacial score (nSPS) is 21.0. The van der Waals surface area contributed by atoms with E-state index in [0.29, 0.717) is 0 Å². The molecule has 20 nitrogen and oxygen atoms in total. The molecular weight excluding hydrogens is 848 g/mol. The number of fused-ring (bicyclic) bond motifs is 4. The topological polar surface area (TPSA) is 335 Å². The van der Waals surface area contributed by atoms with Crippen LogP contribution in [-0.2, 0) is 19.2 Å². The number of hydrogen-bond acceptors (Lipinski definition) is 20. The van der Waals surface area contributed by atoms with Crippen molar-refractivity contribution in [3.63, 3.8) is 0 Å². The number of phenols is 8. The molecule has 5 aromatic rings. The minimum absolute atomic E-state index is 0.247. The summed E-state index contributed by atoms with van der Waals surface area (Å²) in [7, 11) is 0. The number of carbonyl (C=O) groups is 8. The Bertz CT molecular complexity index is 2640. The summed E-state index contributed by atoms with van der Waals surface area (Å²) in [4.78, 5) is 113. The summed E-state index contributed by atoms with van der Waals surface area (Å²) in [6.07, 6.45) is 0. The summed E-state index contributed by atoms with van der Waals surface area (Å²) >= 11 is 0. The van der Waals surface area contributed by atoms with Crippen LogP contribution in [0.2, 0.25) is 0 Å². The zero-order valence-corrected chi connectivity index (χ0v) is 31.9. The molecule has 0 radical (unpaired) electrons. The number of ketones is 4. The first kappa shape index (κ1) is 40.5. The van der Waals surface area contributed by atoms with Crippen molar-refractivity contribution in [2.75, 3.05) is 0 Å². The minimum Gasteiger partial charge on any atom is -0.508 e. The molecule has 0 amide bonds. The van der Waals surface area contributed by atoms with Crippen molar-refractivity contribution in [2.45, 2.75) is 11.8 Å². The number of benzene rings is 5. The largest absolute Gasteiger partial charge is 0.508 e. The van der Waals surface area contributed by atoms with Crippen LogP contribution in [0.25, 0.3) is 0 Å². The molecule has 0 fully saturated rings. The number of carbonyl (C=O) groups excluding carboxylic acids is 8. The van der Waals surface area contributed by atoms with Crippen LogP contribution in [0.15, 0.2) is 72.8 Å². The van der Waals surface area contributed by atoms with Crippen LogP contribution in [0.1, 0.15) is 64.4 Å². The highest BCUT2D eigenvalue weighted by Gasteiger charge is 2.56. The van der Waals surface area contributed by atoms with E-state index in [1.165, 1.54) is 0 Å². The van der Waals surface area contributed by atoms with Crippen molar-refractivity contribution < 1.29 is 98.2 Å². The van der Waals surface area contributed by atoms with Gasteiger partial charge in [0.15, 0.2) is 23.1 Å². The lowest BCUT2D eigenvalue weighted by atomic mass is 9.68. The molecular formula is C44H26O20. The number of aromatic hydroxyl groups is 8. The van der Waals surface area contributed by atoms with E-state index in [4.69, 9.17) is 18.9 Å². The molecule has 4 unspecified atom stereocenters. The standard InChI is InChI=1S/C44H26O20/c45-15-5-19(49)29-23(9-15)61-41(57)33(37(29)53)27(34-38(54)30-20(50)6-16(46)10-24(30)62-42(34)58)13-1-2-14(4-3-13)28(35-39(55)31-21(51)7-17(47)11-25(31)63-43(35)59)36-40(56)32-22(52)8-18(48)12-26(32)64-44(36)60/h1-12,27-28,33-36,45-52H. The lowest BCUT2D eigenvalue weighted by Crippen LogP contribution is -2.47. The summed E-state index contributed by atoms with van der Waals surface area (Å²) in [5.41, 5.74) is -3.03. The van der Waals surface area contributed by atoms with Gasteiger partial charge in [0.05, 0.1) is 0 Å². The van der Waals surface area contributed by atoms with Gasteiger partial charge < -0.3 is 59.8 Å². The van der Waals surface area contributed by atoms with Gasteiger partial charge in [0, 0.05) is 60.4 Å². The van der Waals surface area contributed by atoms with E-state index in [-0.39, 0.29) is 11.1 Å². The third kappa shape index (κ3) is 6.14. The van der Waals surface area contributed by atoms with Gasteiger partial charge >= 0.3 is 23.9 Å². The fourth-order valence-corrected chi connectivity index (χ4v) is 8.73. The Morgan fingerprint density at radius 2 is 0.531 bits per heavy atom. The molecule has 64 heavy (non-hydrogen) atoms. The maximum atomic E-state index is 14.3. The monoisotopic (exact) mass is 874 g/mol. The van der Waals surface area contributed by atoms with E-state index in [1.54, 1.807) is 0 Å². The first-order valence-corrected chi connectivity index (χ1v) is 18.7. The minimum atomic E-state index is -2.18. The number of phenolic OH excluding ortho intramolecular Hbond substituents is 8. The first-order chi connectivity index (χ1) is 30.3. The van der Waals surface area contributed by atoms with Gasteiger partial charge in [-0.15, -0.1) is 0 Å². The van der Waals surface area contributed by atoms with Crippen molar-refractivity contribution in [1.29, 1.82) is 0 Å². The van der Waals surface area contributed by atoms with Crippen LogP contribution >= 0.6 is 0 Å². The Kier molecular flexibility index (Phi) is 9.06. The molecule has 9 rings (SSSR count). The average Bonchev–Trinajstić information content (AvgIpc) is 3.18. The molecule has 0 spiro atoms. The third-order valence-corrected chi connectivity index (χ3v) is 11.4. The smallest absolute Gasteiger partial charge is 0.322 e. The van der Waals surface area contributed by atoms with Crippen LogP contribution in [0.3, 0.4) is 0 Å². The molecule has 0 saturated carbocycles. The molecule has 4 heterocycles. The van der Waals surface area contributed by atoms with Gasteiger partial charge in [-0.1, -0.05) is 24.3 Å². The van der Waals surface area contributed by atoms with Crippen molar-refractivity contribution >= 4 is 47.0 Å². The molecule has 0 aliphatic carbocycles. The van der Waals surface area contributed by atoms with Crippen LogP contribution in [-0.4, -0.2) is 87.9 Å². The SMILES string of the molecule is O=C1Oc2cc(O)cc(O)c2C(=O)C1C(c1ccc(C(C2C(=O)Oc3cc(O)cc(O)c3C2=O)C2C(=O)Oc3cc(O)cc(O)c3C2=O)cc1)C1C(=O)Oc2cc(O)cc(O)c2C1=O. The van der Waals surface area contributed by atoms with Crippen molar-refractivity contribution in [3.8, 4) is 69.0 Å². The maximum absolute atomic E-state index is 14.3. The fraction of sp³-hybridized carbons (Fsp3) is 0.136. The molecule has 5 aromatic carbocycles. The van der Waals surface area contributed by atoms with Gasteiger partial charge in [0.1, 0.15) is 115 Å². The van der Waals surface area contributed by atoms with Crippen LogP contribution in [0, 0.1) is 23.7 Å². The number of esters is 4. The lowest BCUT2D eigenvalue weighted by Gasteiger charge is -2.36. The maximum Gasteiger partial charge on any atom is 0.322 e. The van der Waals surface area contributed by atoms with Gasteiger partial charge in [-0.05, 0) is 11.1 Å². The highest BCUT2D eigenvalue weighted by molar-refractivity contribution is 6.21. The van der Waals surface area contributed by atoms with Crippen molar-refractivity contribution in [2.24, 2.45) is 23.7 Å². The van der Waals surface area contributed by atoms with Gasteiger partial charge in [0.2, 0.25) is 0 Å². The van der Waals surface area contributed by atoms with E-state index in [2.05, 4.69) is 0 Å². The fourth-order valence-electron chi connectivity index (χ4n) is 8.73. The van der Waals surface area contributed by atoms with Crippen molar-refractivity contribution in [3.05, 3.63) is 106 Å². The summed E-state index contributed by atoms with van der Waals surface area (Å²) < 4.78 is 21.3. The van der Waals surface area contributed by atoms with Gasteiger partial charge in [0.25, 0.3) is 0 Å². The predicted molar refractivity (Wildman–Crippen MR) is 205 cm³/mol. The Balaban J connectivity index is 1.21. The highest BCUT2D eigenvalue weighted by Crippen LogP contribution is 2.51. The Hall–Kier alpha value is -8.94. The Labute approximate surface area is 355 Å². The molecule has 4 aliphatic heterocycles. The zero-order valence-electron chi connectivity index (χ0n) is 31.9. The third-order valence-electron chi connectivity index (χ3n) is 11.4. The summed E-state index contributed by atoms with van der Waals surface area (Å²) in [6.45, 7) is 0. The van der Waals surface area contributed by atoms with E-state index in [1.807, 2.05) is 0 Å². The molecule has 322 valence electrons. The van der Waals surface area contributed by atoms with E-state index >= 15 is 0 Å². The number of rotatable bonds is 6. The molecule has 0 bridgehead atoms. The van der Waals surface area contributed by atoms with Crippen LogP contribution in [0.4, 0.5) is 0 Å². The second-order valence-electron chi connectivity index (χ2n) is 15.1. The van der Waals surface area contributed by atoms with Gasteiger partial charge in [-0.3, -0.25) is 38.4 Å². The molecule has 0 aromatic heterocycles. The highest BCUT2D eigenvalue weighted by atomic mass is 16.6. The van der Waals surface area contributed by atoms with E-state index in [9.17, 15) is 79.2 Å². The predicted octanol–water partition coefficient (Wildman–Crippen LogP) is 3.17. The molecule has 4 aliphatic rings. The average molecular weight is 875 g/mol. The molecule has 0 saturated heterocycles. The summed E-state index contributed by atoms with van der Waals surface area (Å²) in [5, 5.41) is 82.9. The molecule has 20 heteroatoms. The van der Waals surface area contributed by atoms with E-state index in [0.717, 1.165) is 72.8 Å². The number of hydrogen-bond donors (Lipinski definition) is 8. The quantitative estimate of drug-likeness (QED) is 0.0690. The second-order valence-corrected chi connectivity index (χ2v) is 15.1. The van der Waals surface area contributed by atoms with Crippen LogP contribution in [0.5, 0.6) is 69.0 Å². The molecule has 4 atom stereocenters. The first-order valence-electron chi connectivity index (χ1n) is 18.7. The summed E-state index contributed by atoms with van der Waals surface area (Å²) in [6, 6.07) is 10.8. The van der Waals surface area contributed by atoms with Crippen molar-refractivity contribution in [1.82, 2.24) is 0 Å². The van der Waals surface area contributed by atoms with Gasteiger partial charge in [-0.25, -0.2) is 0 Å². The number of Topliss-reactive ketones (excluding diaryl/α,β-unsaturated/α-hetero) is 4. The lowest BCUT2D eigenvalue weighted by molar-refractivity contribution is -0.144. The van der Waals surface area contributed by atoms with Gasteiger partial charge in [-0.2, -0.15) is 0 Å². The summed E-state index contributed by atoms with van der Waals surface area (Å²) in [5.74, 6) is -31.2. The zero-order chi connectivity index (χ0) is 45.8. The Morgan fingerprint density at radius 1 is 0.328 bits per heavy atom. The Morgan fingerprint density at radius 3 is 0.734 bits per heavy atom. The second kappa shape index (κ2) is 14.3. The molecule has 8 N–H and O–H groups in total.